The number of aromatic nitrogens is 1. The van der Waals surface area contributed by atoms with Gasteiger partial charge >= 0.3 is 0 Å². The minimum absolute atomic E-state index is 0.0550. The maximum absolute atomic E-state index is 12.1. The molecule has 0 saturated heterocycles. The van der Waals surface area contributed by atoms with E-state index in [0.29, 0.717) is 11.3 Å². The quantitative estimate of drug-likeness (QED) is 0.520. The summed E-state index contributed by atoms with van der Waals surface area (Å²) in [4.78, 5) is 18.2. The van der Waals surface area contributed by atoms with Gasteiger partial charge in [-0.05, 0) is 34.0 Å². The summed E-state index contributed by atoms with van der Waals surface area (Å²) in [6.45, 7) is 4.57. The highest BCUT2D eigenvalue weighted by Gasteiger charge is 2.14. The summed E-state index contributed by atoms with van der Waals surface area (Å²) >= 11 is 0. The number of carbonyl (C=O) groups excluding carboxylic acids is 1. The molecule has 0 aromatic carbocycles. The normalized spacial score (nSPS) is 12.3. The third kappa shape index (κ3) is 3.97. The second-order valence-electron chi connectivity index (χ2n) is 4.65. The highest BCUT2D eigenvalue weighted by Crippen LogP contribution is 2.14. The lowest BCUT2D eigenvalue weighted by atomic mass is 10.2. The minimum atomic E-state index is -0.176. The van der Waals surface area contributed by atoms with Crippen LogP contribution in [0.4, 0.5) is 5.69 Å². The molecule has 0 aliphatic heterocycles. The summed E-state index contributed by atoms with van der Waals surface area (Å²) < 4.78 is 0. The summed E-state index contributed by atoms with van der Waals surface area (Å²) in [5.41, 5.74) is 4.36. The van der Waals surface area contributed by atoms with Gasteiger partial charge in [-0.15, -0.1) is 0 Å². The van der Waals surface area contributed by atoms with Crippen LogP contribution in [0.5, 0.6) is 0 Å². The molecule has 1 aromatic rings. The van der Waals surface area contributed by atoms with Crippen LogP contribution in [0.1, 0.15) is 23.0 Å². The summed E-state index contributed by atoms with van der Waals surface area (Å²) in [6, 6.07) is 1.80. The Bertz CT molecular complexity index is 419. The average Bonchev–Trinajstić information content (AvgIpc) is 2.27. The van der Waals surface area contributed by atoms with Crippen LogP contribution in [0.25, 0.3) is 0 Å². The first-order valence-corrected chi connectivity index (χ1v) is 5.83. The van der Waals surface area contributed by atoms with E-state index in [1.165, 1.54) is 6.20 Å². The fourth-order valence-electron chi connectivity index (χ4n) is 1.76. The molecule has 1 aromatic heterocycles. The molecule has 0 saturated carbocycles. The third-order valence-corrected chi connectivity index (χ3v) is 2.46. The van der Waals surface area contributed by atoms with Crippen molar-refractivity contribution in [3.63, 3.8) is 0 Å². The summed E-state index contributed by atoms with van der Waals surface area (Å²) in [5.74, 6) is 5.23. The van der Waals surface area contributed by atoms with Gasteiger partial charge in [-0.1, -0.05) is 0 Å². The molecule has 0 spiro atoms. The van der Waals surface area contributed by atoms with Crippen molar-refractivity contribution in [2.24, 2.45) is 5.84 Å². The van der Waals surface area contributed by atoms with E-state index >= 15 is 0 Å². The first kappa shape index (κ1) is 14.4. The zero-order valence-corrected chi connectivity index (χ0v) is 11.3. The van der Waals surface area contributed by atoms with Gasteiger partial charge in [-0.25, -0.2) is 0 Å². The molecular weight excluding hydrogens is 230 g/mol. The number of rotatable bonds is 5. The number of nitrogens with one attached hydrogen (secondary N) is 2. The average molecular weight is 251 g/mol. The fraction of sp³-hybridized carbons (Fsp3) is 0.500. The van der Waals surface area contributed by atoms with E-state index in [-0.39, 0.29) is 11.9 Å². The van der Waals surface area contributed by atoms with E-state index in [1.54, 1.807) is 6.07 Å². The molecule has 1 unspecified atom stereocenters. The molecule has 0 radical (unpaired) electrons. The van der Waals surface area contributed by atoms with Gasteiger partial charge in [0.25, 0.3) is 5.91 Å². The van der Waals surface area contributed by atoms with Crippen molar-refractivity contribution in [2.75, 3.05) is 26.1 Å². The molecule has 6 nitrogen and oxygen atoms in total. The predicted octanol–water partition coefficient (Wildman–Crippen LogP) is 0.356. The number of aryl methyl sites for hydroxylation is 1. The zero-order chi connectivity index (χ0) is 13.7. The maximum Gasteiger partial charge on any atom is 0.255 e. The number of hydrazine groups is 1. The van der Waals surface area contributed by atoms with Crippen molar-refractivity contribution < 1.29 is 4.79 Å². The van der Waals surface area contributed by atoms with Gasteiger partial charge in [-0.3, -0.25) is 15.6 Å². The fourth-order valence-corrected chi connectivity index (χ4v) is 1.76. The maximum atomic E-state index is 12.1. The topological polar surface area (TPSA) is 83.3 Å². The van der Waals surface area contributed by atoms with Crippen LogP contribution < -0.4 is 16.6 Å². The van der Waals surface area contributed by atoms with Gasteiger partial charge in [0, 0.05) is 24.5 Å². The Kier molecular flexibility index (Phi) is 5.06. The van der Waals surface area contributed by atoms with E-state index < -0.39 is 0 Å². The van der Waals surface area contributed by atoms with E-state index in [0.717, 1.165) is 12.2 Å². The van der Waals surface area contributed by atoms with Crippen LogP contribution in [0.15, 0.2) is 12.3 Å². The van der Waals surface area contributed by atoms with Gasteiger partial charge in [0.1, 0.15) is 0 Å². The highest BCUT2D eigenvalue weighted by atomic mass is 16.1. The number of hydrogen-bond acceptors (Lipinski definition) is 5. The second kappa shape index (κ2) is 6.32. The van der Waals surface area contributed by atoms with Gasteiger partial charge in [0.15, 0.2) is 0 Å². The largest absolute Gasteiger partial charge is 0.348 e. The van der Waals surface area contributed by atoms with E-state index in [4.69, 9.17) is 5.84 Å². The van der Waals surface area contributed by atoms with Gasteiger partial charge < -0.3 is 15.6 Å². The van der Waals surface area contributed by atoms with Gasteiger partial charge in [0.05, 0.1) is 11.3 Å². The van der Waals surface area contributed by atoms with E-state index in [9.17, 15) is 4.79 Å². The Morgan fingerprint density at radius 2 is 2.22 bits per heavy atom. The number of anilines is 1. The number of pyridine rings is 1. The number of nitrogens with two attached hydrogens (primary N) is 1. The first-order valence-electron chi connectivity index (χ1n) is 5.83. The number of amides is 1. The van der Waals surface area contributed by atoms with Crippen molar-refractivity contribution in [3.8, 4) is 0 Å². The number of carbonyl (C=O) groups is 1. The molecule has 6 heteroatoms. The highest BCUT2D eigenvalue weighted by molar-refractivity contribution is 5.99. The lowest BCUT2D eigenvalue weighted by Crippen LogP contribution is -2.39. The Morgan fingerprint density at radius 3 is 2.78 bits per heavy atom. The summed E-state index contributed by atoms with van der Waals surface area (Å²) in [7, 11) is 3.92. The zero-order valence-electron chi connectivity index (χ0n) is 11.3. The van der Waals surface area contributed by atoms with Crippen molar-refractivity contribution in [1.29, 1.82) is 0 Å². The molecule has 1 rings (SSSR count). The first-order chi connectivity index (χ1) is 8.43. The predicted molar refractivity (Wildman–Crippen MR) is 72.3 cm³/mol. The van der Waals surface area contributed by atoms with Gasteiger partial charge in [0.2, 0.25) is 0 Å². The number of nitrogen functional groups attached to an aromatic ring is 1. The molecular formula is C12H21N5O. The lowest BCUT2D eigenvalue weighted by Gasteiger charge is -2.19. The van der Waals surface area contributed by atoms with Crippen LogP contribution >= 0.6 is 0 Å². The van der Waals surface area contributed by atoms with Crippen LogP contribution in [0.3, 0.4) is 0 Å². The number of nitrogens with zero attached hydrogens (tertiary/aromatic N) is 2. The summed E-state index contributed by atoms with van der Waals surface area (Å²) in [5, 5.41) is 2.91. The van der Waals surface area contributed by atoms with Crippen molar-refractivity contribution in [3.05, 3.63) is 23.5 Å². The lowest BCUT2D eigenvalue weighted by molar-refractivity contribution is 0.0935. The van der Waals surface area contributed by atoms with Crippen molar-refractivity contribution >= 4 is 11.6 Å². The van der Waals surface area contributed by atoms with Crippen LogP contribution in [-0.2, 0) is 0 Å². The van der Waals surface area contributed by atoms with Crippen molar-refractivity contribution in [1.82, 2.24) is 15.2 Å². The SMILES string of the molecule is Cc1cc(NN)c(C(=O)NC(C)CN(C)C)cn1. The van der Waals surface area contributed by atoms with Crippen LogP contribution in [0, 0.1) is 6.92 Å². The standard InChI is InChI=1S/C12H21N5O/c1-8-5-11(16-13)10(6-14-8)12(18)15-9(2)7-17(3)4/h5-6,9H,7,13H2,1-4H3,(H,14,16)(H,15,18). The van der Waals surface area contributed by atoms with Crippen molar-refractivity contribution in [2.45, 2.75) is 19.9 Å². The molecule has 1 atom stereocenters. The molecule has 1 amide bonds. The molecule has 0 fully saturated rings. The molecule has 18 heavy (non-hydrogen) atoms. The molecule has 4 N–H and O–H groups in total. The Morgan fingerprint density at radius 1 is 1.56 bits per heavy atom. The molecule has 100 valence electrons. The number of likely N-dealkylation sites (N-methyl/N-ethyl adjacent to an activating group) is 1. The monoisotopic (exact) mass is 251 g/mol. The summed E-state index contributed by atoms with van der Waals surface area (Å²) in [6.07, 6.45) is 1.53. The third-order valence-electron chi connectivity index (χ3n) is 2.46. The Labute approximate surface area is 108 Å². The van der Waals surface area contributed by atoms with E-state index in [2.05, 4.69) is 15.7 Å². The van der Waals surface area contributed by atoms with Gasteiger partial charge in [-0.2, -0.15) is 0 Å². The van der Waals surface area contributed by atoms with Crippen LogP contribution in [0.2, 0.25) is 0 Å². The molecule has 0 bridgehead atoms. The minimum Gasteiger partial charge on any atom is -0.348 e. The Hall–Kier alpha value is -1.66. The van der Waals surface area contributed by atoms with E-state index in [1.807, 2.05) is 32.8 Å². The van der Waals surface area contributed by atoms with Crippen LogP contribution in [-0.4, -0.2) is 42.5 Å². The second-order valence-corrected chi connectivity index (χ2v) is 4.65. The Balaban J connectivity index is 2.78. The molecule has 0 aliphatic rings. The number of hydrogen-bond donors (Lipinski definition) is 3. The smallest absolute Gasteiger partial charge is 0.255 e. The molecule has 0 aliphatic carbocycles. The molecule has 1 heterocycles.